The maximum atomic E-state index is 13.5. The largest absolute Gasteiger partial charge is 0.379 e. The zero-order valence-electron chi connectivity index (χ0n) is 15.9. The van der Waals surface area contributed by atoms with E-state index < -0.39 is 0 Å². The molecule has 0 saturated carbocycles. The highest BCUT2D eigenvalue weighted by Gasteiger charge is 2.18. The van der Waals surface area contributed by atoms with Crippen LogP contribution in [0.5, 0.6) is 0 Å². The quantitative estimate of drug-likeness (QED) is 0.751. The van der Waals surface area contributed by atoms with E-state index >= 15 is 0 Å². The van der Waals surface area contributed by atoms with E-state index in [0.717, 1.165) is 38.4 Å². The molecular weight excluding hydrogens is 343 g/mol. The lowest BCUT2D eigenvalue weighted by atomic mass is 10.1. The Bertz CT molecular complexity index is 759. The van der Waals surface area contributed by atoms with E-state index in [0.29, 0.717) is 18.7 Å². The van der Waals surface area contributed by atoms with Crippen molar-refractivity contribution < 1.29 is 13.9 Å². The molecule has 0 unspecified atom stereocenters. The monoisotopic (exact) mass is 370 g/mol. The standard InChI is InChI=1S/C22H27FN2O2/c1-18-4-2-6-20(14-18)17-25(9-8-24-10-12-27-13-11-24)22(26)16-19-5-3-7-21(23)15-19/h2-7,14-15H,8-13,16-17H2,1H3. The van der Waals surface area contributed by atoms with Crippen molar-refractivity contribution in [3.8, 4) is 0 Å². The van der Waals surface area contributed by atoms with Crippen LogP contribution < -0.4 is 0 Å². The third kappa shape index (κ3) is 6.15. The molecule has 1 heterocycles. The van der Waals surface area contributed by atoms with Crippen molar-refractivity contribution in [2.24, 2.45) is 0 Å². The van der Waals surface area contributed by atoms with Gasteiger partial charge < -0.3 is 9.64 Å². The Hall–Kier alpha value is -2.24. The number of nitrogens with zero attached hydrogens (tertiary/aromatic N) is 2. The third-order valence-electron chi connectivity index (χ3n) is 4.84. The van der Waals surface area contributed by atoms with Crippen LogP contribution in [0.1, 0.15) is 16.7 Å². The third-order valence-corrected chi connectivity index (χ3v) is 4.84. The van der Waals surface area contributed by atoms with E-state index in [4.69, 9.17) is 4.74 Å². The molecule has 1 aliphatic rings. The van der Waals surface area contributed by atoms with E-state index in [1.54, 1.807) is 12.1 Å². The van der Waals surface area contributed by atoms with Crippen LogP contribution in [0, 0.1) is 12.7 Å². The van der Waals surface area contributed by atoms with Gasteiger partial charge in [-0.05, 0) is 30.2 Å². The highest BCUT2D eigenvalue weighted by Crippen LogP contribution is 2.12. The second-order valence-electron chi connectivity index (χ2n) is 7.07. The highest BCUT2D eigenvalue weighted by molar-refractivity contribution is 5.78. The van der Waals surface area contributed by atoms with Crippen molar-refractivity contribution in [2.45, 2.75) is 19.9 Å². The molecule has 1 amide bonds. The van der Waals surface area contributed by atoms with Crippen molar-refractivity contribution in [2.75, 3.05) is 39.4 Å². The molecule has 144 valence electrons. The molecule has 1 fully saturated rings. The molecule has 0 N–H and O–H groups in total. The first-order chi connectivity index (χ1) is 13.1. The molecule has 27 heavy (non-hydrogen) atoms. The molecule has 0 aliphatic carbocycles. The number of amides is 1. The van der Waals surface area contributed by atoms with Crippen LogP contribution in [0.15, 0.2) is 48.5 Å². The fourth-order valence-corrected chi connectivity index (χ4v) is 3.34. The van der Waals surface area contributed by atoms with Gasteiger partial charge in [0.2, 0.25) is 5.91 Å². The summed E-state index contributed by atoms with van der Waals surface area (Å²) in [6.07, 6.45) is 0.215. The predicted molar refractivity (Wildman–Crippen MR) is 104 cm³/mol. The summed E-state index contributed by atoms with van der Waals surface area (Å²) in [5.74, 6) is -0.283. The van der Waals surface area contributed by atoms with Crippen LogP contribution >= 0.6 is 0 Å². The minimum atomic E-state index is -0.307. The van der Waals surface area contributed by atoms with Crippen LogP contribution in [0.2, 0.25) is 0 Å². The molecule has 0 bridgehead atoms. The Labute approximate surface area is 160 Å². The van der Waals surface area contributed by atoms with Crippen molar-refractivity contribution in [1.82, 2.24) is 9.80 Å². The fraction of sp³-hybridized carbons (Fsp3) is 0.409. The van der Waals surface area contributed by atoms with Gasteiger partial charge in [0, 0.05) is 32.7 Å². The number of carbonyl (C=O) groups excluding carboxylic acids is 1. The average molecular weight is 370 g/mol. The second-order valence-corrected chi connectivity index (χ2v) is 7.07. The molecule has 2 aromatic carbocycles. The SMILES string of the molecule is Cc1cccc(CN(CCN2CCOCC2)C(=O)Cc2cccc(F)c2)c1. The first kappa shape index (κ1) is 19.5. The van der Waals surface area contributed by atoms with E-state index in [9.17, 15) is 9.18 Å². The Balaban J connectivity index is 1.68. The number of ether oxygens (including phenoxy) is 1. The normalized spacial score (nSPS) is 14.9. The molecule has 2 aromatic rings. The number of morpholine rings is 1. The molecule has 1 aliphatic heterocycles. The number of carbonyl (C=O) groups is 1. The zero-order valence-corrected chi connectivity index (χ0v) is 15.9. The summed E-state index contributed by atoms with van der Waals surface area (Å²) in [7, 11) is 0. The number of aryl methyl sites for hydroxylation is 1. The van der Waals surface area contributed by atoms with Crippen molar-refractivity contribution in [1.29, 1.82) is 0 Å². The number of rotatable bonds is 7. The minimum Gasteiger partial charge on any atom is -0.379 e. The number of hydrogen-bond donors (Lipinski definition) is 0. The minimum absolute atomic E-state index is 0.0235. The van der Waals surface area contributed by atoms with Crippen LogP contribution in [-0.2, 0) is 22.5 Å². The van der Waals surface area contributed by atoms with Gasteiger partial charge in [0.25, 0.3) is 0 Å². The summed E-state index contributed by atoms with van der Waals surface area (Å²) in [6, 6.07) is 14.5. The summed E-state index contributed by atoms with van der Waals surface area (Å²) in [4.78, 5) is 17.2. The first-order valence-electron chi connectivity index (χ1n) is 9.48. The van der Waals surface area contributed by atoms with Gasteiger partial charge in [0.1, 0.15) is 5.82 Å². The number of hydrogen-bond acceptors (Lipinski definition) is 3. The van der Waals surface area contributed by atoms with Crippen LogP contribution in [0.25, 0.3) is 0 Å². The summed E-state index contributed by atoms with van der Waals surface area (Å²) >= 11 is 0. The zero-order chi connectivity index (χ0) is 19.1. The topological polar surface area (TPSA) is 32.8 Å². The van der Waals surface area contributed by atoms with E-state index in [-0.39, 0.29) is 18.1 Å². The molecule has 1 saturated heterocycles. The number of benzene rings is 2. The molecule has 4 nitrogen and oxygen atoms in total. The number of halogens is 1. The molecule has 0 radical (unpaired) electrons. The van der Waals surface area contributed by atoms with E-state index in [1.165, 1.54) is 17.7 Å². The second kappa shape index (κ2) is 9.62. The van der Waals surface area contributed by atoms with Crippen molar-refractivity contribution >= 4 is 5.91 Å². The molecular formula is C22H27FN2O2. The Morgan fingerprint density at radius 2 is 1.85 bits per heavy atom. The lowest BCUT2D eigenvalue weighted by Gasteiger charge is -2.30. The maximum Gasteiger partial charge on any atom is 0.227 e. The van der Waals surface area contributed by atoms with Crippen LogP contribution in [-0.4, -0.2) is 55.1 Å². The van der Waals surface area contributed by atoms with Gasteiger partial charge in [-0.2, -0.15) is 0 Å². The molecule has 5 heteroatoms. The van der Waals surface area contributed by atoms with Gasteiger partial charge in [-0.1, -0.05) is 42.0 Å². The van der Waals surface area contributed by atoms with Crippen LogP contribution in [0.3, 0.4) is 0 Å². The summed E-state index contributed by atoms with van der Waals surface area (Å²) in [5.41, 5.74) is 3.00. The van der Waals surface area contributed by atoms with Gasteiger partial charge in [0.05, 0.1) is 19.6 Å². The average Bonchev–Trinajstić information content (AvgIpc) is 2.66. The van der Waals surface area contributed by atoms with Crippen molar-refractivity contribution in [3.63, 3.8) is 0 Å². The van der Waals surface area contributed by atoms with Gasteiger partial charge >= 0.3 is 0 Å². The predicted octanol–water partition coefficient (Wildman–Crippen LogP) is 3.04. The Kier molecular flexibility index (Phi) is 6.96. The first-order valence-corrected chi connectivity index (χ1v) is 9.48. The van der Waals surface area contributed by atoms with Gasteiger partial charge in [0.15, 0.2) is 0 Å². The lowest BCUT2D eigenvalue weighted by molar-refractivity contribution is -0.131. The van der Waals surface area contributed by atoms with Crippen molar-refractivity contribution in [3.05, 3.63) is 71.0 Å². The summed E-state index contributed by atoms with van der Waals surface area (Å²) < 4.78 is 18.9. The molecule has 3 rings (SSSR count). The molecule has 0 aromatic heterocycles. The van der Waals surface area contributed by atoms with Gasteiger partial charge in [-0.25, -0.2) is 4.39 Å². The van der Waals surface area contributed by atoms with Gasteiger partial charge in [-0.3, -0.25) is 9.69 Å². The lowest BCUT2D eigenvalue weighted by Crippen LogP contribution is -2.43. The van der Waals surface area contributed by atoms with E-state index in [1.807, 2.05) is 17.0 Å². The fourth-order valence-electron chi connectivity index (χ4n) is 3.34. The molecule has 0 atom stereocenters. The molecule has 0 spiro atoms. The summed E-state index contributed by atoms with van der Waals surface area (Å²) in [5, 5.41) is 0. The maximum absolute atomic E-state index is 13.5. The summed E-state index contributed by atoms with van der Waals surface area (Å²) in [6.45, 7) is 7.39. The van der Waals surface area contributed by atoms with E-state index in [2.05, 4.69) is 24.0 Å². The smallest absolute Gasteiger partial charge is 0.227 e. The Morgan fingerprint density at radius 1 is 1.11 bits per heavy atom. The van der Waals surface area contributed by atoms with Gasteiger partial charge in [-0.15, -0.1) is 0 Å². The van der Waals surface area contributed by atoms with Crippen LogP contribution in [0.4, 0.5) is 4.39 Å². The highest BCUT2D eigenvalue weighted by atomic mass is 19.1. The Morgan fingerprint density at radius 3 is 2.59 bits per heavy atom.